The van der Waals surface area contributed by atoms with Crippen LogP contribution < -0.4 is 10.1 Å². The normalized spacial score (nSPS) is 13.9. The molecule has 1 aliphatic rings. The predicted octanol–water partition coefficient (Wildman–Crippen LogP) is 4.17. The van der Waals surface area contributed by atoms with E-state index >= 15 is 0 Å². The van der Waals surface area contributed by atoms with Gasteiger partial charge in [0.25, 0.3) is 0 Å². The molecule has 0 saturated heterocycles. The monoisotopic (exact) mass is 431 g/mol. The van der Waals surface area contributed by atoms with E-state index in [4.69, 9.17) is 9.84 Å². The Morgan fingerprint density at radius 1 is 1.12 bits per heavy atom. The number of rotatable bonds is 7. The van der Waals surface area contributed by atoms with E-state index in [0.29, 0.717) is 29.1 Å². The second-order valence-corrected chi connectivity index (χ2v) is 8.55. The Morgan fingerprint density at radius 2 is 1.94 bits per heavy atom. The molecular formula is C23H25N7O2. The van der Waals surface area contributed by atoms with Crippen molar-refractivity contribution < 1.29 is 9.84 Å². The Hall–Kier alpha value is -3.72. The number of nitrogens with one attached hydrogen (secondary N) is 1. The van der Waals surface area contributed by atoms with Crippen molar-refractivity contribution in [3.05, 3.63) is 60.9 Å². The second kappa shape index (κ2) is 7.76. The van der Waals surface area contributed by atoms with Gasteiger partial charge in [0.05, 0.1) is 24.1 Å². The fraction of sp³-hybridized carbons (Fsp3) is 0.304. The molecule has 0 bridgehead atoms. The molecule has 0 radical (unpaired) electrons. The lowest BCUT2D eigenvalue weighted by atomic mass is 10.0. The number of aromatic nitrogens is 6. The zero-order valence-corrected chi connectivity index (χ0v) is 18.2. The number of anilines is 2. The third-order valence-corrected chi connectivity index (χ3v) is 5.22. The zero-order valence-electron chi connectivity index (χ0n) is 18.2. The molecule has 0 spiro atoms. The predicted molar refractivity (Wildman–Crippen MR) is 120 cm³/mol. The average Bonchev–Trinajstić information content (AvgIpc) is 3.38. The van der Waals surface area contributed by atoms with Gasteiger partial charge in [0.15, 0.2) is 5.75 Å². The van der Waals surface area contributed by atoms with Gasteiger partial charge in [0.1, 0.15) is 22.9 Å². The third kappa shape index (κ3) is 4.33. The van der Waals surface area contributed by atoms with E-state index in [2.05, 4.69) is 20.4 Å². The van der Waals surface area contributed by atoms with Crippen LogP contribution in [0.4, 0.5) is 11.5 Å². The van der Waals surface area contributed by atoms with Crippen LogP contribution in [0.2, 0.25) is 0 Å². The lowest BCUT2D eigenvalue weighted by molar-refractivity contribution is 0.0739. The van der Waals surface area contributed by atoms with Gasteiger partial charge in [-0.15, -0.1) is 0 Å². The summed E-state index contributed by atoms with van der Waals surface area (Å²) in [5.74, 6) is 1.93. The lowest BCUT2D eigenvalue weighted by Crippen LogP contribution is -2.17. The van der Waals surface area contributed by atoms with Gasteiger partial charge in [0.2, 0.25) is 0 Å². The first-order valence-electron chi connectivity index (χ1n) is 10.5. The number of hydrogen-bond acceptors (Lipinski definition) is 7. The van der Waals surface area contributed by atoms with Gasteiger partial charge in [0, 0.05) is 43.0 Å². The number of hydrogen-bond donors (Lipinski definition) is 2. The quantitative estimate of drug-likeness (QED) is 0.453. The van der Waals surface area contributed by atoms with Crippen molar-refractivity contribution in [2.24, 2.45) is 7.05 Å². The van der Waals surface area contributed by atoms with Crippen molar-refractivity contribution in [1.82, 2.24) is 29.5 Å². The molecule has 5 rings (SSSR count). The molecule has 4 heterocycles. The van der Waals surface area contributed by atoms with Crippen LogP contribution in [0.5, 0.6) is 11.5 Å². The van der Waals surface area contributed by atoms with E-state index in [-0.39, 0.29) is 0 Å². The molecule has 2 N–H and O–H groups in total. The van der Waals surface area contributed by atoms with E-state index in [0.717, 1.165) is 29.8 Å². The molecule has 0 aromatic carbocycles. The van der Waals surface area contributed by atoms with Crippen LogP contribution in [0.3, 0.4) is 0 Å². The summed E-state index contributed by atoms with van der Waals surface area (Å²) < 4.78 is 9.97. The molecule has 0 aliphatic heterocycles. The van der Waals surface area contributed by atoms with Crippen LogP contribution in [-0.2, 0) is 12.6 Å². The summed E-state index contributed by atoms with van der Waals surface area (Å²) in [6.07, 6.45) is 11.3. The number of ether oxygens (including phenoxy) is 1. The van der Waals surface area contributed by atoms with Crippen molar-refractivity contribution >= 4 is 11.5 Å². The average molecular weight is 432 g/mol. The molecule has 9 nitrogen and oxygen atoms in total. The summed E-state index contributed by atoms with van der Waals surface area (Å²) in [4.78, 5) is 8.62. The maximum Gasteiger partial charge on any atom is 0.173 e. The van der Waals surface area contributed by atoms with E-state index < -0.39 is 5.60 Å². The largest absolute Gasteiger partial charge is 0.453 e. The highest BCUT2D eigenvalue weighted by Gasteiger charge is 2.27. The Kier molecular flexibility index (Phi) is 4.90. The molecule has 32 heavy (non-hydrogen) atoms. The molecular weight excluding hydrogens is 406 g/mol. The van der Waals surface area contributed by atoms with Gasteiger partial charge in [-0.2, -0.15) is 10.2 Å². The van der Waals surface area contributed by atoms with Crippen LogP contribution >= 0.6 is 0 Å². The summed E-state index contributed by atoms with van der Waals surface area (Å²) in [7, 11) is 1.88. The lowest BCUT2D eigenvalue weighted by Gasteiger charge is -2.17. The first kappa shape index (κ1) is 20.2. The smallest absolute Gasteiger partial charge is 0.173 e. The molecule has 164 valence electrons. The molecule has 0 amide bonds. The summed E-state index contributed by atoms with van der Waals surface area (Å²) >= 11 is 0. The highest BCUT2D eigenvalue weighted by molar-refractivity contribution is 5.65. The zero-order chi connectivity index (χ0) is 22.3. The minimum Gasteiger partial charge on any atom is -0.453 e. The Balaban J connectivity index is 1.40. The Labute approximate surface area is 185 Å². The van der Waals surface area contributed by atoms with Crippen molar-refractivity contribution in [3.63, 3.8) is 0 Å². The van der Waals surface area contributed by atoms with Crippen molar-refractivity contribution in [2.75, 3.05) is 5.32 Å². The Bertz CT molecular complexity index is 1250. The van der Waals surface area contributed by atoms with Crippen LogP contribution in [0.1, 0.15) is 38.4 Å². The van der Waals surface area contributed by atoms with Crippen LogP contribution in [0.15, 0.2) is 55.2 Å². The standard InChI is InChI=1S/C23H25N7O2/c1-23(2,31)20-10-16(6-8-24-20)27-21-11-18(7-9-25-21)32-19-14-30(17-4-5-17)28-22(19)15-12-26-29(3)13-15/h6-14,17,31H,4-5H2,1-3H3,(H,24,25,27). The molecule has 0 atom stereocenters. The van der Waals surface area contributed by atoms with Crippen molar-refractivity contribution in [1.29, 1.82) is 0 Å². The maximum atomic E-state index is 10.2. The van der Waals surface area contributed by atoms with Gasteiger partial charge < -0.3 is 15.2 Å². The number of nitrogens with zero attached hydrogens (tertiary/aromatic N) is 6. The third-order valence-electron chi connectivity index (χ3n) is 5.22. The van der Waals surface area contributed by atoms with Crippen LogP contribution in [0, 0.1) is 0 Å². The van der Waals surface area contributed by atoms with Gasteiger partial charge in [-0.05, 0) is 44.9 Å². The van der Waals surface area contributed by atoms with Crippen molar-refractivity contribution in [3.8, 4) is 22.8 Å². The summed E-state index contributed by atoms with van der Waals surface area (Å²) in [6, 6.07) is 7.70. The van der Waals surface area contributed by atoms with E-state index in [1.807, 2.05) is 42.3 Å². The molecule has 1 fully saturated rings. The Morgan fingerprint density at radius 3 is 2.66 bits per heavy atom. The SMILES string of the molecule is Cn1cc(-c2nn(C3CC3)cc2Oc2ccnc(Nc3ccnc(C(C)(C)O)c3)c2)cn1. The maximum absolute atomic E-state index is 10.2. The fourth-order valence-corrected chi connectivity index (χ4v) is 3.38. The van der Waals surface area contributed by atoms with Gasteiger partial charge in [-0.1, -0.05) is 0 Å². The first-order valence-corrected chi connectivity index (χ1v) is 10.5. The first-order chi connectivity index (χ1) is 15.3. The minimum atomic E-state index is -1.03. The van der Waals surface area contributed by atoms with Crippen LogP contribution in [0.25, 0.3) is 11.3 Å². The summed E-state index contributed by atoms with van der Waals surface area (Å²) in [6.45, 7) is 3.40. The van der Waals surface area contributed by atoms with Crippen molar-refractivity contribution in [2.45, 2.75) is 38.3 Å². The number of aryl methyl sites for hydroxylation is 1. The highest BCUT2D eigenvalue weighted by Crippen LogP contribution is 2.39. The number of aliphatic hydroxyl groups is 1. The second-order valence-electron chi connectivity index (χ2n) is 8.55. The molecule has 1 saturated carbocycles. The molecule has 4 aromatic rings. The van der Waals surface area contributed by atoms with Gasteiger partial charge in [-0.25, -0.2) is 4.98 Å². The summed E-state index contributed by atoms with van der Waals surface area (Å²) in [5, 5.41) is 22.5. The fourth-order valence-electron chi connectivity index (χ4n) is 3.38. The highest BCUT2D eigenvalue weighted by atomic mass is 16.5. The molecule has 9 heteroatoms. The van der Waals surface area contributed by atoms with Gasteiger partial charge >= 0.3 is 0 Å². The van der Waals surface area contributed by atoms with E-state index in [1.165, 1.54) is 0 Å². The summed E-state index contributed by atoms with van der Waals surface area (Å²) in [5.41, 5.74) is 1.99. The molecule has 4 aromatic heterocycles. The number of pyridine rings is 2. The molecule has 1 aliphatic carbocycles. The molecule has 0 unspecified atom stereocenters. The topological polar surface area (TPSA) is 103 Å². The van der Waals surface area contributed by atoms with E-state index in [1.54, 1.807) is 43.2 Å². The van der Waals surface area contributed by atoms with E-state index in [9.17, 15) is 5.11 Å². The minimum absolute atomic E-state index is 0.439. The van der Waals surface area contributed by atoms with Crippen LogP contribution in [-0.4, -0.2) is 34.6 Å². The van der Waals surface area contributed by atoms with Gasteiger partial charge in [-0.3, -0.25) is 14.3 Å².